The SMILES string of the molecule is Cc1nnc(NCc2cc(N)cc(C(F)(F)F)c2F)c2cc(N3CC4CC(C3)O4)ccc12. The predicted molar refractivity (Wildman–Crippen MR) is 113 cm³/mol. The van der Waals surface area contributed by atoms with E-state index in [2.05, 4.69) is 20.4 Å². The molecule has 0 spiro atoms. The molecule has 2 atom stereocenters. The van der Waals surface area contributed by atoms with Gasteiger partial charge in [-0.3, -0.25) is 0 Å². The Kier molecular flexibility index (Phi) is 4.85. The average Bonchev–Trinajstić information content (AvgIpc) is 2.74. The number of hydrogen-bond acceptors (Lipinski definition) is 6. The summed E-state index contributed by atoms with van der Waals surface area (Å²) in [6.07, 6.45) is -3.27. The van der Waals surface area contributed by atoms with Crippen molar-refractivity contribution in [2.45, 2.75) is 38.3 Å². The average molecular weight is 447 g/mol. The number of fused-ring (bicyclic) bond motifs is 3. The minimum atomic E-state index is -4.83. The van der Waals surface area contributed by atoms with Crippen LogP contribution < -0.4 is 16.0 Å². The molecule has 6 nitrogen and oxygen atoms in total. The van der Waals surface area contributed by atoms with Crippen LogP contribution in [0.2, 0.25) is 0 Å². The highest BCUT2D eigenvalue weighted by Crippen LogP contribution is 2.36. The number of halogens is 4. The minimum absolute atomic E-state index is 0.163. The number of hydrogen-bond donors (Lipinski definition) is 2. The molecule has 0 amide bonds. The fourth-order valence-corrected chi connectivity index (χ4v) is 4.39. The van der Waals surface area contributed by atoms with Gasteiger partial charge < -0.3 is 20.7 Å². The molecule has 6 rings (SSSR count). The van der Waals surface area contributed by atoms with Crippen LogP contribution in [0.3, 0.4) is 0 Å². The Labute approximate surface area is 181 Å². The first-order valence-electron chi connectivity index (χ1n) is 10.3. The lowest BCUT2D eigenvalue weighted by atomic mass is 9.98. The lowest BCUT2D eigenvalue weighted by Crippen LogP contribution is -2.57. The highest BCUT2D eigenvalue weighted by Gasteiger charge is 2.38. The van der Waals surface area contributed by atoms with Gasteiger partial charge in [0.1, 0.15) is 5.82 Å². The Hall–Kier alpha value is -3.14. The second-order valence-electron chi connectivity index (χ2n) is 8.28. The molecule has 10 heteroatoms. The van der Waals surface area contributed by atoms with E-state index >= 15 is 0 Å². The molecule has 3 aliphatic rings. The van der Waals surface area contributed by atoms with Crippen LogP contribution in [0.25, 0.3) is 10.8 Å². The van der Waals surface area contributed by atoms with Gasteiger partial charge in [0.05, 0.1) is 23.5 Å². The highest BCUT2D eigenvalue weighted by atomic mass is 19.4. The summed E-state index contributed by atoms with van der Waals surface area (Å²) in [5.74, 6) is -0.988. The molecule has 32 heavy (non-hydrogen) atoms. The molecule has 3 N–H and O–H groups in total. The lowest BCUT2D eigenvalue weighted by Gasteiger charge is -2.48. The van der Waals surface area contributed by atoms with Gasteiger partial charge in [0.25, 0.3) is 0 Å². The number of nitrogens with two attached hydrogens (primary N) is 1. The van der Waals surface area contributed by atoms with Crippen LogP contribution in [-0.2, 0) is 17.5 Å². The molecule has 3 fully saturated rings. The molecule has 4 heterocycles. The number of nitrogen functional groups attached to an aromatic ring is 1. The zero-order valence-electron chi connectivity index (χ0n) is 17.2. The Morgan fingerprint density at radius 3 is 2.53 bits per heavy atom. The molecule has 3 saturated heterocycles. The van der Waals surface area contributed by atoms with E-state index in [1.54, 1.807) is 0 Å². The third kappa shape index (κ3) is 3.68. The molecule has 0 radical (unpaired) electrons. The van der Waals surface area contributed by atoms with Crippen LogP contribution in [-0.4, -0.2) is 35.5 Å². The summed E-state index contributed by atoms with van der Waals surface area (Å²) < 4.78 is 59.6. The largest absolute Gasteiger partial charge is 0.419 e. The summed E-state index contributed by atoms with van der Waals surface area (Å²) in [5.41, 5.74) is 5.56. The van der Waals surface area contributed by atoms with E-state index in [1.807, 2.05) is 25.1 Å². The van der Waals surface area contributed by atoms with Crippen molar-refractivity contribution in [2.75, 3.05) is 29.0 Å². The number of anilines is 3. The molecule has 0 aliphatic carbocycles. The highest BCUT2D eigenvalue weighted by molar-refractivity contribution is 5.95. The second-order valence-corrected chi connectivity index (χ2v) is 8.28. The van der Waals surface area contributed by atoms with E-state index in [4.69, 9.17) is 10.5 Å². The molecular formula is C22H21F4N5O. The maximum Gasteiger partial charge on any atom is 0.419 e. The fourth-order valence-electron chi connectivity index (χ4n) is 4.39. The van der Waals surface area contributed by atoms with Crippen LogP contribution in [0.1, 0.15) is 23.2 Å². The maximum absolute atomic E-state index is 14.5. The zero-order valence-corrected chi connectivity index (χ0v) is 17.2. The number of rotatable bonds is 4. The predicted octanol–water partition coefficient (Wildman–Crippen LogP) is 4.27. The van der Waals surface area contributed by atoms with Crippen molar-refractivity contribution >= 4 is 28.0 Å². The number of ether oxygens (including phenoxy) is 1. The third-order valence-corrected chi connectivity index (χ3v) is 5.99. The number of alkyl halides is 3. The van der Waals surface area contributed by atoms with Gasteiger partial charge >= 0.3 is 6.18 Å². The number of nitrogens with one attached hydrogen (secondary N) is 1. The molecule has 2 unspecified atom stereocenters. The van der Waals surface area contributed by atoms with Gasteiger partial charge in [-0.2, -0.15) is 18.3 Å². The van der Waals surface area contributed by atoms with Crippen molar-refractivity contribution in [3.63, 3.8) is 0 Å². The molecule has 3 aliphatic heterocycles. The summed E-state index contributed by atoms with van der Waals surface area (Å²) in [4.78, 5) is 2.24. The zero-order chi connectivity index (χ0) is 22.6. The Morgan fingerprint density at radius 1 is 1.12 bits per heavy atom. The first-order chi connectivity index (χ1) is 15.2. The van der Waals surface area contributed by atoms with Crippen molar-refractivity contribution < 1.29 is 22.3 Å². The standard InChI is InChI=1S/C22H21F4N5O/c1-11-17-3-2-14(31-9-15-7-16(10-31)32-15)6-18(17)21(30-29-11)28-8-12-4-13(27)5-19(20(12)23)22(24,25)26/h2-6,15-16H,7-10,27H2,1H3,(H,28,30). The van der Waals surface area contributed by atoms with Crippen molar-refractivity contribution in [1.82, 2.24) is 10.2 Å². The number of benzene rings is 2. The molecule has 3 aromatic rings. The maximum atomic E-state index is 14.5. The van der Waals surface area contributed by atoms with Crippen molar-refractivity contribution in [2.24, 2.45) is 0 Å². The first-order valence-corrected chi connectivity index (χ1v) is 10.3. The van der Waals surface area contributed by atoms with E-state index in [0.29, 0.717) is 11.9 Å². The first kappa shape index (κ1) is 20.7. The molecule has 168 valence electrons. The molecule has 2 aromatic carbocycles. The number of nitrogens with zero attached hydrogens (tertiary/aromatic N) is 3. The second kappa shape index (κ2) is 7.47. The quantitative estimate of drug-likeness (QED) is 0.460. The Bertz CT molecular complexity index is 1180. The Balaban J connectivity index is 1.46. The van der Waals surface area contributed by atoms with Crippen LogP contribution in [0.4, 0.5) is 34.8 Å². The molecule has 0 saturated carbocycles. The van der Waals surface area contributed by atoms with Gasteiger partial charge in [-0.05, 0) is 31.2 Å². The van der Waals surface area contributed by atoms with Gasteiger partial charge in [-0.15, -0.1) is 5.10 Å². The number of aromatic nitrogens is 2. The van der Waals surface area contributed by atoms with E-state index in [-0.39, 0.29) is 30.0 Å². The van der Waals surface area contributed by atoms with E-state index in [1.165, 1.54) is 6.07 Å². The van der Waals surface area contributed by atoms with Gasteiger partial charge in [0.2, 0.25) is 0 Å². The van der Waals surface area contributed by atoms with Crippen molar-refractivity contribution in [3.05, 3.63) is 53.0 Å². The minimum Gasteiger partial charge on any atom is -0.399 e. The molecular weight excluding hydrogens is 426 g/mol. The van der Waals surface area contributed by atoms with Crippen LogP contribution >= 0.6 is 0 Å². The molecule has 2 bridgehead atoms. The summed E-state index contributed by atoms with van der Waals surface area (Å²) in [6, 6.07) is 7.72. The van der Waals surface area contributed by atoms with Gasteiger partial charge in [-0.25, -0.2) is 4.39 Å². The van der Waals surface area contributed by atoms with Crippen LogP contribution in [0, 0.1) is 12.7 Å². The normalized spacial score (nSPS) is 20.3. The summed E-state index contributed by atoms with van der Waals surface area (Å²) in [6.45, 7) is 3.21. The van der Waals surface area contributed by atoms with Crippen LogP contribution in [0.5, 0.6) is 0 Å². The number of morpholine rings is 1. The van der Waals surface area contributed by atoms with E-state index in [9.17, 15) is 17.6 Å². The van der Waals surface area contributed by atoms with Crippen molar-refractivity contribution in [3.8, 4) is 0 Å². The molecule has 1 aromatic heterocycles. The Morgan fingerprint density at radius 2 is 1.84 bits per heavy atom. The number of piperidine rings is 1. The summed E-state index contributed by atoms with van der Waals surface area (Å²) in [5, 5.41) is 12.9. The van der Waals surface area contributed by atoms with Gasteiger partial charge in [-0.1, -0.05) is 6.07 Å². The van der Waals surface area contributed by atoms with E-state index < -0.39 is 17.6 Å². The van der Waals surface area contributed by atoms with Crippen molar-refractivity contribution in [1.29, 1.82) is 0 Å². The summed E-state index contributed by atoms with van der Waals surface area (Å²) >= 11 is 0. The lowest BCUT2D eigenvalue weighted by molar-refractivity contribution is -0.140. The van der Waals surface area contributed by atoms with Gasteiger partial charge in [0.15, 0.2) is 5.82 Å². The summed E-state index contributed by atoms with van der Waals surface area (Å²) in [7, 11) is 0. The number of aryl methyl sites for hydroxylation is 1. The van der Waals surface area contributed by atoms with E-state index in [0.717, 1.165) is 41.7 Å². The van der Waals surface area contributed by atoms with Gasteiger partial charge in [0, 0.05) is 53.8 Å². The van der Waals surface area contributed by atoms with Crippen LogP contribution in [0.15, 0.2) is 30.3 Å². The smallest absolute Gasteiger partial charge is 0.399 e. The monoisotopic (exact) mass is 447 g/mol. The fraction of sp³-hybridized carbons (Fsp3) is 0.364. The third-order valence-electron chi connectivity index (χ3n) is 5.99. The topological polar surface area (TPSA) is 76.3 Å².